The molecule has 1 rings (SSSR count). The van der Waals surface area contributed by atoms with E-state index in [2.05, 4.69) is 15.6 Å². The van der Waals surface area contributed by atoms with Crippen LogP contribution in [0.15, 0.2) is 18.3 Å². The summed E-state index contributed by atoms with van der Waals surface area (Å²) in [6.45, 7) is 4.37. The molecule has 18 heavy (non-hydrogen) atoms. The smallest absolute Gasteiger partial charge is 0.311 e. The Morgan fingerprint density at radius 1 is 1.50 bits per heavy atom. The molecule has 0 aliphatic heterocycles. The van der Waals surface area contributed by atoms with Gasteiger partial charge in [0.05, 0.1) is 4.92 Å². The third kappa shape index (κ3) is 4.00. The number of carbonyl (C=O) groups excluding carboxylic acids is 1. The summed E-state index contributed by atoms with van der Waals surface area (Å²) >= 11 is 0. The second-order valence-corrected chi connectivity index (χ2v) is 4.00. The third-order valence-corrected chi connectivity index (χ3v) is 2.22. The molecule has 0 atom stereocenters. The SMILES string of the molecule is CC(C)C(=O)NCCNc1ncccc1[N+](=O)[O-]. The zero-order valence-electron chi connectivity index (χ0n) is 10.3. The second-order valence-electron chi connectivity index (χ2n) is 4.00. The van der Waals surface area contributed by atoms with Crippen molar-refractivity contribution in [1.82, 2.24) is 10.3 Å². The molecule has 0 radical (unpaired) electrons. The first-order chi connectivity index (χ1) is 8.52. The molecule has 98 valence electrons. The standard InChI is InChI=1S/C11H16N4O3/c1-8(2)11(16)14-7-6-13-10-9(15(17)18)4-3-5-12-10/h3-5,8H,6-7H2,1-2H3,(H,12,13)(H,14,16). The number of amides is 1. The van der Waals surface area contributed by atoms with Gasteiger partial charge in [-0.05, 0) is 6.07 Å². The molecule has 0 saturated heterocycles. The van der Waals surface area contributed by atoms with Crippen LogP contribution in [-0.2, 0) is 4.79 Å². The summed E-state index contributed by atoms with van der Waals surface area (Å²) in [5.41, 5.74) is -0.0762. The Morgan fingerprint density at radius 3 is 2.83 bits per heavy atom. The molecule has 0 aromatic carbocycles. The minimum absolute atomic E-state index is 0.0488. The fraction of sp³-hybridized carbons (Fsp3) is 0.455. The Morgan fingerprint density at radius 2 is 2.22 bits per heavy atom. The molecule has 1 heterocycles. The fourth-order valence-corrected chi connectivity index (χ4v) is 1.25. The van der Waals surface area contributed by atoms with Crippen molar-refractivity contribution < 1.29 is 9.72 Å². The summed E-state index contributed by atoms with van der Waals surface area (Å²) in [6.07, 6.45) is 1.47. The van der Waals surface area contributed by atoms with E-state index in [0.29, 0.717) is 13.1 Å². The van der Waals surface area contributed by atoms with Gasteiger partial charge < -0.3 is 10.6 Å². The van der Waals surface area contributed by atoms with Crippen LogP contribution in [-0.4, -0.2) is 28.9 Å². The van der Waals surface area contributed by atoms with Gasteiger partial charge in [-0.25, -0.2) is 4.98 Å². The number of nitro groups is 1. The van der Waals surface area contributed by atoms with Crippen molar-refractivity contribution in [2.45, 2.75) is 13.8 Å². The maximum Gasteiger partial charge on any atom is 0.311 e. The molecule has 7 nitrogen and oxygen atoms in total. The summed E-state index contributed by atoms with van der Waals surface area (Å²) < 4.78 is 0. The Kier molecular flexibility index (Phi) is 5.04. The topological polar surface area (TPSA) is 97.2 Å². The Bertz CT molecular complexity index is 434. The molecule has 1 aromatic heterocycles. The van der Waals surface area contributed by atoms with Gasteiger partial charge in [0.25, 0.3) is 0 Å². The zero-order valence-corrected chi connectivity index (χ0v) is 10.3. The number of hydrogen-bond donors (Lipinski definition) is 2. The van der Waals surface area contributed by atoms with Crippen molar-refractivity contribution in [3.05, 3.63) is 28.4 Å². The van der Waals surface area contributed by atoms with E-state index in [-0.39, 0.29) is 23.3 Å². The predicted octanol–water partition coefficient (Wildman–Crippen LogP) is 1.17. The van der Waals surface area contributed by atoms with Gasteiger partial charge in [0.2, 0.25) is 11.7 Å². The largest absolute Gasteiger partial charge is 0.363 e. The highest BCUT2D eigenvalue weighted by atomic mass is 16.6. The van der Waals surface area contributed by atoms with Gasteiger partial charge in [0.1, 0.15) is 0 Å². The van der Waals surface area contributed by atoms with Crippen molar-refractivity contribution in [3.8, 4) is 0 Å². The van der Waals surface area contributed by atoms with Crippen LogP contribution in [0.1, 0.15) is 13.8 Å². The number of aromatic nitrogens is 1. The van der Waals surface area contributed by atoms with E-state index in [1.807, 2.05) is 0 Å². The lowest BCUT2D eigenvalue weighted by molar-refractivity contribution is -0.384. The van der Waals surface area contributed by atoms with Crippen LogP contribution in [0.25, 0.3) is 0 Å². The van der Waals surface area contributed by atoms with Crippen LogP contribution in [0.4, 0.5) is 11.5 Å². The highest BCUT2D eigenvalue weighted by Gasteiger charge is 2.13. The summed E-state index contributed by atoms with van der Waals surface area (Å²) in [7, 11) is 0. The van der Waals surface area contributed by atoms with E-state index in [1.54, 1.807) is 13.8 Å². The van der Waals surface area contributed by atoms with Crippen LogP contribution in [0.3, 0.4) is 0 Å². The molecular formula is C11H16N4O3. The molecular weight excluding hydrogens is 236 g/mol. The predicted molar refractivity (Wildman–Crippen MR) is 67.2 cm³/mol. The third-order valence-electron chi connectivity index (χ3n) is 2.22. The minimum Gasteiger partial charge on any atom is -0.363 e. The minimum atomic E-state index is -0.498. The molecule has 0 aliphatic carbocycles. The molecule has 0 unspecified atom stereocenters. The molecule has 0 spiro atoms. The van der Waals surface area contributed by atoms with E-state index in [9.17, 15) is 14.9 Å². The van der Waals surface area contributed by atoms with Crippen LogP contribution >= 0.6 is 0 Å². The van der Waals surface area contributed by atoms with Gasteiger partial charge in [-0.3, -0.25) is 14.9 Å². The van der Waals surface area contributed by atoms with Crippen LogP contribution in [0, 0.1) is 16.0 Å². The highest BCUT2D eigenvalue weighted by molar-refractivity contribution is 5.77. The number of nitrogens with one attached hydrogen (secondary N) is 2. The van der Waals surface area contributed by atoms with E-state index in [1.165, 1.54) is 18.3 Å². The van der Waals surface area contributed by atoms with Gasteiger partial charge in [-0.15, -0.1) is 0 Å². The highest BCUT2D eigenvalue weighted by Crippen LogP contribution is 2.19. The lowest BCUT2D eigenvalue weighted by atomic mass is 10.2. The van der Waals surface area contributed by atoms with Crippen molar-refractivity contribution in [1.29, 1.82) is 0 Å². The summed E-state index contributed by atoms with van der Waals surface area (Å²) in [4.78, 5) is 25.4. The molecule has 0 saturated carbocycles. The van der Waals surface area contributed by atoms with Gasteiger partial charge in [-0.2, -0.15) is 0 Å². The number of pyridine rings is 1. The Hall–Kier alpha value is -2.18. The van der Waals surface area contributed by atoms with E-state index in [0.717, 1.165) is 0 Å². The average molecular weight is 252 g/mol. The first kappa shape index (κ1) is 13.9. The first-order valence-corrected chi connectivity index (χ1v) is 5.63. The van der Waals surface area contributed by atoms with E-state index in [4.69, 9.17) is 0 Å². The van der Waals surface area contributed by atoms with Gasteiger partial charge in [0.15, 0.2) is 0 Å². The lowest BCUT2D eigenvalue weighted by Gasteiger charge is -2.08. The van der Waals surface area contributed by atoms with Crippen LogP contribution < -0.4 is 10.6 Å². The van der Waals surface area contributed by atoms with Gasteiger partial charge in [0, 0.05) is 31.3 Å². The van der Waals surface area contributed by atoms with E-state index < -0.39 is 4.92 Å². The molecule has 0 bridgehead atoms. The lowest BCUT2D eigenvalue weighted by Crippen LogP contribution is -2.32. The second kappa shape index (κ2) is 6.53. The normalized spacial score (nSPS) is 10.2. The monoisotopic (exact) mass is 252 g/mol. The molecule has 1 aromatic rings. The van der Waals surface area contributed by atoms with Gasteiger partial charge in [-0.1, -0.05) is 13.8 Å². The number of anilines is 1. The quantitative estimate of drug-likeness (QED) is 0.450. The Labute approximate surface area is 105 Å². The van der Waals surface area contributed by atoms with Crippen molar-refractivity contribution in [2.24, 2.45) is 5.92 Å². The molecule has 0 aliphatic rings. The number of rotatable bonds is 6. The molecule has 2 N–H and O–H groups in total. The van der Waals surface area contributed by atoms with E-state index >= 15 is 0 Å². The average Bonchev–Trinajstić information content (AvgIpc) is 2.34. The summed E-state index contributed by atoms with van der Waals surface area (Å²) in [5, 5.41) is 16.2. The first-order valence-electron chi connectivity index (χ1n) is 5.63. The van der Waals surface area contributed by atoms with Crippen molar-refractivity contribution in [2.75, 3.05) is 18.4 Å². The maximum atomic E-state index is 11.3. The Balaban J connectivity index is 2.45. The zero-order chi connectivity index (χ0) is 13.5. The van der Waals surface area contributed by atoms with Crippen LogP contribution in [0.5, 0.6) is 0 Å². The maximum absolute atomic E-state index is 11.3. The summed E-state index contributed by atoms with van der Waals surface area (Å²) in [5.74, 6) is 0.0859. The van der Waals surface area contributed by atoms with Crippen molar-refractivity contribution in [3.63, 3.8) is 0 Å². The fourth-order valence-electron chi connectivity index (χ4n) is 1.25. The van der Waals surface area contributed by atoms with Crippen molar-refractivity contribution >= 4 is 17.4 Å². The van der Waals surface area contributed by atoms with Gasteiger partial charge >= 0.3 is 5.69 Å². The summed E-state index contributed by atoms with van der Waals surface area (Å²) in [6, 6.07) is 2.88. The van der Waals surface area contributed by atoms with Crippen LogP contribution in [0.2, 0.25) is 0 Å². The molecule has 0 fully saturated rings. The molecule has 1 amide bonds. The number of nitrogens with zero attached hydrogens (tertiary/aromatic N) is 2. The number of hydrogen-bond acceptors (Lipinski definition) is 5. The molecule has 7 heteroatoms. The number of carbonyl (C=O) groups is 1.